The van der Waals surface area contributed by atoms with Gasteiger partial charge in [0.25, 0.3) is 5.91 Å². The normalized spacial score (nSPS) is 16.1. The van der Waals surface area contributed by atoms with Gasteiger partial charge in [-0.3, -0.25) is 19.9 Å². The van der Waals surface area contributed by atoms with E-state index in [0.29, 0.717) is 51.8 Å². The zero-order valence-corrected chi connectivity index (χ0v) is 22.0. The van der Waals surface area contributed by atoms with Crippen LogP contribution in [-0.4, -0.2) is 33.0 Å². The van der Waals surface area contributed by atoms with Crippen molar-refractivity contribution in [3.63, 3.8) is 0 Å². The second-order valence-electron chi connectivity index (χ2n) is 8.65. The summed E-state index contributed by atoms with van der Waals surface area (Å²) in [5, 5.41) is 5.81. The molecule has 1 aliphatic heterocycles. The summed E-state index contributed by atoms with van der Waals surface area (Å²) >= 11 is 4.80. The second-order valence-corrected chi connectivity index (χ2v) is 10.6. The third kappa shape index (κ3) is 4.91. The van der Waals surface area contributed by atoms with E-state index in [1.54, 1.807) is 24.5 Å². The Morgan fingerprint density at radius 2 is 2.22 bits per heavy atom. The molecular formula is C26H24BrN5O3S. The highest BCUT2D eigenvalue weighted by Gasteiger charge is 2.23. The van der Waals surface area contributed by atoms with E-state index in [4.69, 9.17) is 9.72 Å². The Balaban J connectivity index is 1.62. The molecule has 3 aromatic heterocycles. The molecule has 0 unspecified atom stereocenters. The van der Waals surface area contributed by atoms with Crippen molar-refractivity contribution in [3.8, 4) is 16.2 Å². The number of fused-ring (bicyclic) bond motifs is 7. The SMILES string of the molecule is C=CC(=O)Nc1cc2sc1-c1cnccc1OCCC[C@@H](C)Cn1c(nc3ccc(Br)cc31)NC2=O. The summed E-state index contributed by atoms with van der Waals surface area (Å²) in [6.45, 7) is 6.95. The molecule has 0 fully saturated rings. The van der Waals surface area contributed by atoms with Gasteiger partial charge in [0.15, 0.2) is 0 Å². The molecule has 2 bridgehead atoms. The fraction of sp³-hybridized carbons (Fsp3) is 0.231. The minimum atomic E-state index is -0.372. The Morgan fingerprint density at radius 1 is 1.36 bits per heavy atom. The molecule has 2 N–H and O–H groups in total. The van der Waals surface area contributed by atoms with Crippen molar-refractivity contribution in [1.29, 1.82) is 0 Å². The first-order valence-corrected chi connectivity index (χ1v) is 13.2. The topological polar surface area (TPSA) is 98.1 Å². The maximum Gasteiger partial charge on any atom is 0.268 e. The van der Waals surface area contributed by atoms with E-state index in [0.717, 1.165) is 28.3 Å². The molecule has 1 atom stereocenters. The maximum atomic E-state index is 13.4. The van der Waals surface area contributed by atoms with Gasteiger partial charge >= 0.3 is 0 Å². The van der Waals surface area contributed by atoms with Gasteiger partial charge in [0.1, 0.15) is 5.75 Å². The number of benzene rings is 1. The van der Waals surface area contributed by atoms with E-state index in [1.807, 2.05) is 18.2 Å². The van der Waals surface area contributed by atoms with Crippen LogP contribution < -0.4 is 15.4 Å². The van der Waals surface area contributed by atoms with Crippen LogP contribution in [0.4, 0.5) is 11.6 Å². The van der Waals surface area contributed by atoms with Gasteiger partial charge in [0.05, 0.1) is 38.6 Å². The number of rotatable bonds is 2. The maximum absolute atomic E-state index is 13.4. The van der Waals surface area contributed by atoms with Gasteiger partial charge in [-0.2, -0.15) is 0 Å². The van der Waals surface area contributed by atoms with Crippen molar-refractivity contribution in [2.75, 3.05) is 17.2 Å². The smallest absolute Gasteiger partial charge is 0.268 e. The Bertz CT molecular complexity index is 1480. The summed E-state index contributed by atoms with van der Waals surface area (Å²) in [7, 11) is 0. The highest BCUT2D eigenvalue weighted by Crippen LogP contribution is 2.41. The lowest BCUT2D eigenvalue weighted by Crippen LogP contribution is -2.17. The van der Waals surface area contributed by atoms with Gasteiger partial charge in [-0.1, -0.05) is 29.4 Å². The van der Waals surface area contributed by atoms with Crippen LogP contribution in [0.2, 0.25) is 0 Å². The molecule has 5 rings (SSSR count). The van der Waals surface area contributed by atoms with Gasteiger partial charge in [0.2, 0.25) is 11.9 Å². The predicted octanol–water partition coefficient (Wildman–Crippen LogP) is 6.11. The van der Waals surface area contributed by atoms with Crippen LogP contribution >= 0.6 is 27.3 Å². The summed E-state index contributed by atoms with van der Waals surface area (Å²) in [5.74, 6) is 0.781. The average molecular weight is 566 g/mol. The molecule has 4 aromatic rings. The third-order valence-corrected chi connectivity index (χ3v) is 7.61. The minimum Gasteiger partial charge on any atom is -0.493 e. The Labute approximate surface area is 220 Å². The number of imidazole rings is 1. The number of anilines is 2. The lowest BCUT2D eigenvalue weighted by Gasteiger charge is -2.16. The zero-order chi connectivity index (χ0) is 25.2. The van der Waals surface area contributed by atoms with Crippen LogP contribution in [0.1, 0.15) is 29.4 Å². The molecule has 0 spiro atoms. The van der Waals surface area contributed by atoms with E-state index in [-0.39, 0.29) is 11.8 Å². The lowest BCUT2D eigenvalue weighted by molar-refractivity contribution is -0.111. The Hall–Kier alpha value is -3.50. The lowest BCUT2D eigenvalue weighted by atomic mass is 10.1. The Kier molecular flexibility index (Phi) is 6.88. The molecule has 184 valence electrons. The molecule has 10 heteroatoms. The number of nitrogens with zero attached hydrogens (tertiary/aromatic N) is 3. The molecule has 1 aromatic carbocycles. The number of aromatic nitrogens is 3. The van der Waals surface area contributed by atoms with Crippen molar-refractivity contribution in [2.24, 2.45) is 5.92 Å². The first-order chi connectivity index (χ1) is 17.4. The predicted molar refractivity (Wildman–Crippen MR) is 146 cm³/mol. The number of carbonyl (C=O) groups is 2. The molecule has 0 saturated carbocycles. The van der Waals surface area contributed by atoms with E-state index in [1.165, 1.54) is 17.4 Å². The highest BCUT2D eigenvalue weighted by atomic mass is 79.9. The number of amides is 2. The van der Waals surface area contributed by atoms with Crippen molar-refractivity contribution in [2.45, 2.75) is 26.3 Å². The Morgan fingerprint density at radius 3 is 3.06 bits per heavy atom. The molecule has 8 nitrogen and oxygen atoms in total. The highest BCUT2D eigenvalue weighted by molar-refractivity contribution is 9.10. The molecule has 0 aliphatic carbocycles. The molecule has 2 amide bonds. The first-order valence-electron chi connectivity index (χ1n) is 11.5. The number of ether oxygens (including phenoxy) is 1. The van der Waals surface area contributed by atoms with Crippen molar-refractivity contribution < 1.29 is 14.3 Å². The molecule has 4 heterocycles. The number of carbonyl (C=O) groups excluding carboxylic acids is 2. The average Bonchev–Trinajstić information content (AvgIpc) is 3.43. The van der Waals surface area contributed by atoms with Crippen LogP contribution in [0.15, 0.2) is 59.9 Å². The second kappa shape index (κ2) is 10.2. The van der Waals surface area contributed by atoms with Crippen molar-refractivity contribution >= 4 is 61.8 Å². The molecule has 1 aliphatic rings. The van der Waals surface area contributed by atoms with Gasteiger partial charge in [-0.05, 0) is 55.2 Å². The van der Waals surface area contributed by atoms with Gasteiger partial charge in [0, 0.05) is 23.4 Å². The monoisotopic (exact) mass is 565 g/mol. The molecule has 0 saturated heterocycles. The van der Waals surface area contributed by atoms with Crippen LogP contribution in [0.5, 0.6) is 5.75 Å². The zero-order valence-electron chi connectivity index (χ0n) is 19.6. The molecular weight excluding hydrogens is 542 g/mol. The van der Waals surface area contributed by atoms with Crippen LogP contribution in [-0.2, 0) is 11.3 Å². The van der Waals surface area contributed by atoms with Crippen molar-refractivity contribution in [3.05, 3.63) is 64.7 Å². The summed E-state index contributed by atoms with van der Waals surface area (Å²) < 4.78 is 9.13. The number of thiophene rings is 1. The number of pyridine rings is 1. The van der Waals surface area contributed by atoms with E-state index in [9.17, 15) is 9.59 Å². The summed E-state index contributed by atoms with van der Waals surface area (Å²) in [6, 6.07) is 9.33. The number of nitrogens with one attached hydrogen (secondary N) is 2. The third-order valence-electron chi connectivity index (χ3n) is 5.95. The summed E-state index contributed by atoms with van der Waals surface area (Å²) in [4.78, 5) is 35.7. The standard InChI is InChI=1S/C26H24BrN5O3S/c1-3-23(33)29-19-12-22-25(34)31-26-30-18-7-6-16(27)11-20(18)32(26)14-15(2)5-4-10-35-21-8-9-28-13-17(21)24(19)36-22/h3,6-9,11-13,15H,1,4-5,10,14H2,2H3,(H,29,33)(H,30,31,34)/t15-/m1/s1. The largest absolute Gasteiger partial charge is 0.493 e. The summed E-state index contributed by atoms with van der Waals surface area (Å²) in [5.41, 5.74) is 2.94. The van der Waals surface area contributed by atoms with Crippen LogP contribution in [0.25, 0.3) is 21.5 Å². The van der Waals surface area contributed by atoms with Gasteiger partial charge in [-0.15, -0.1) is 11.3 Å². The number of hydrogen-bond acceptors (Lipinski definition) is 6. The summed E-state index contributed by atoms with van der Waals surface area (Å²) in [6.07, 6.45) is 6.34. The van der Waals surface area contributed by atoms with Crippen LogP contribution in [0.3, 0.4) is 0 Å². The molecule has 0 radical (unpaired) electrons. The van der Waals surface area contributed by atoms with E-state index < -0.39 is 0 Å². The fourth-order valence-electron chi connectivity index (χ4n) is 4.21. The quantitative estimate of drug-likeness (QED) is 0.286. The van der Waals surface area contributed by atoms with E-state index >= 15 is 0 Å². The van der Waals surface area contributed by atoms with Crippen molar-refractivity contribution in [1.82, 2.24) is 14.5 Å². The van der Waals surface area contributed by atoms with E-state index in [2.05, 4.69) is 49.6 Å². The molecule has 36 heavy (non-hydrogen) atoms. The minimum absolute atomic E-state index is 0.315. The first kappa shape index (κ1) is 24.2. The number of halogens is 1. The van der Waals surface area contributed by atoms with Gasteiger partial charge in [-0.25, -0.2) is 4.98 Å². The fourth-order valence-corrected chi connectivity index (χ4v) is 5.59. The van der Waals surface area contributed by atoms with Crippen LogP contribution in [0, 0.1) is 5.92 Å². The number of hydrogen-bond donors (Lipinski definition) is 2. The van der Waals surface area contributed by atoms with Gasteiger partial charge < -0.3 is 14.6 Å².